The van der Waals surface area contributed by atoms with Crippen LogP contribution < -0.4 is 4.74 Å². The molecule has 2 aromatic carbocycles. The lowest BCUT2D eigenvalue weighted by molar-refractivity contribution is 0.293. The van der Waals surface area contributed by atoms with Crippen LogP contribution in [0.3, 0.4) is 0 Å². The van der Waals surface area contributed by atoms with Gasteiger partial charge in [0.25, 0.3) is 0 Å². The zero-order chi connectivity index (χ0) is 12.2. The molecule has 2 heteroatoms. The van der Waals surface area contributed by atoms with Crippen LogP contribution in [0.5, 0.6) is 5.75 Å². The van der Waals surface area contributed by atoms with Crippen molar-refractivity contribution in [2.75, 3.05) is 13.2 Å². The molecule has 2 aromatic rings. The predicted octanol–water partition coefficient (Wildman–Crippen LogP) is 2.95. The molecule has 1 heterocycles. The normalized spacial score (nSPS) is 21.6. The number of benzene rings is 2. The van der Waals surface area contributed by atoms with Crippen molar-refractivity contribution < 1.29 is 4.74 Å². The molecule has 92 valence electrons. The van der Waals surface area contributed by atoms with Crippen molar-refractivity contribution >= 4 is 0 Å². The molecule has 2 nitrogen and oxygen atoms in total. The minimum absolute atomic E-state index is 0.574. The van der Waals surface area contributed by atoms with Gasteiger partial charge in [-0.3, -0.25) is 4.90 Å². The maximum Gasteiger partial charge on any atom is 0.119 e. The Hall–Kier alpha value is -1.80. The van der Waals surface area contributed by atoms with Crippen molar-refractivity contribution in [1.82, 2.24) is 4.90 Å². The number of hydrogen-bond acceptors (Lipinski definition) is 2. The molecule has 0 N–H and O–H groups in total. The molecule has 1 fully saturated rings. The minimum atomic E-state index is 0.574. The van der Waals surface area contributed by atoms with E-state index in [4.69, 9.17) is 4.74 Å². The SMILES string of the molecule is c1ccc(CN2CC2COc2ccccc2)cc1. The standard InChI is InChI=1S/C16H17NO/c1-3-7-14(8-4-1)11-17-12-15(17)13-18-16-9-5-2-6-10-16/h1-10,15H,11-13H2. The summed E-state index contributed by atoms with van der Waals surface area (Å²) in [6.45, 7) is 2.96. The fourth-order valence-electron chi connectivity index (χ4n) is 2.10. The molecule has 0 aliphatic carbocycles. The molecule has 1 aliphatic rings. The van der Waals surface area contributed by atoms with Gasteiger partial charge in [0.05, 0.1) is 6.04 Å². The van der Waals surface area contributed by atoms with E-state index in [1.165, 1.54) is 5.56 Å². The molecular weight excluding hydrogens is 222 g/mol. The Balaban J connectivity index is 1.45. The number of rotatable bonds is 5. The van der Waals surface area contributed by atoms with E-state index < -0.39 is 0 Å². The van der Waals surface area contributed by atoms with Crippen LogP contribution in [0, 0.1) is 0 Å². The number of nitrogens with zero attached hydrogens (tertiary/aromatic N) is 1. The highest BCUT2D eigenvalue weighted by molar-refractivity contribution is 5.21. The first-order chi connectivity index (χ1) is 8.92. The van der Waals surface area contributed by atoms with E-state index in [2.05, 4.69) is 35.2 Å². The highest BCUT2D eigenvalue weighted by Crippen LogP contribution is 2.22. The zero-order valence-electron chi connectivity index (χ0n) is 10.3. The van der Waals surface area contributed by atoms with Gasteiger partial charge in [0.1, 0.15) is 12.4 Å². The Bertz CT molecular complexity index is 483. The fourth-order valence-corrected chi connectivity index (χ4v) is 2.10. The summed E-state index contributed by atoms with van der Waals surface area (Å²) in [5, 5.41) is 0. The number of para-hydroxylation sites is 1. The van der Waals surface area contributed by atoms with Crippen LogP contribution >= 0.6 is 0 Å². The van der Waals surface area contributed by atoms with Gasteiger partial charge in [-0.15, -0.1) is 0 Å². The van der Waals surface area contributed by atoms with Crippen molar-refractivity contribution in [3.63, 3.8) is 0 Å². The van der Waals surface area contributed by atoms with Crippen LogP contribution in [-0.4, -0.2) is 24.1 Å². The van der Waals surface area contributed by atoms with Crippen molar-refractivity contribution in [3.05, 3.63) is 66.2 Å². The summed E-state index contributed by atoms with van der Waals surface area (Å²) in [5.41, 5.74) is 1.37. The second-order valence-electron chi connectivity index (χ2n) is 4.69. The molecule has 0 aromatic heterocycles. The summed E-state index contributed by atoms with van der Waals surface area (Å²) >= 11 is 0. The number of ether oxygens (including phenoxy) is 1. The van der Waals surface area contributed by atoms with E-state index >= 15 is 0 Å². The monoisotopic (exact) mass is 239 g/mol. The Kier molecular flexibility index (Phi) is 3.29. The summed E-state index contributed by atoms with van der Waals surface area (Å²) in [6, 6.07) is 21.2. The molecule has 1 aliphatic heterocycles. The average Bonchev–Trinajstić information content (AvgIpc) is 3.17. The lowest BCUT2D eigenvalue weighted by Crippen LogP contribution is -2.10. The maximum absolute atomic E-state index is 5.76. The van der Waals surface area contributed by atoms with Crippen LogP contribution in [0.25, 0.3) is 0 Å². The minimum Gasteiger partial charge on any atom is -0.492 e. The van der Waals surface area contributed by atoms with Gasteiger partial charge in [0.15, 0.2) is 0 Å². The molecule has 1 saturated heterocycles. The largest absolute Gasteiger partial charge is 0.492 e. The summed E-state index contributed by atoms with van der Waals surface area (Å²) in [5.74, 6) is 0.962. The summed E-state index contributed by atoms with van der Waals surface area (Å²) in [4.78, 5) is 2.43. The van der Waals surface area contributed by atoms with Gasteiger partial charge in [-0.05, 0) is 17.7 Å². The van der Waals surface area contributed by atoms with Crippen LogP contribution in [0.15, 0.2) is 60.7 Å². The Morgan fingerprint density at radius 1 is 0.944 bits per heavy atom. The van der Waals surface area contributed by atoms with E-state index in [1.807, 2.05) is 30.3 Å². The van der Waals surface area contributed by atoms with Gasteiger partial charge in [0.2, 0.25) is 0 Å². The Morgan fingerprint density at radius 2 is 1.61 bits per heavy atom. The molecule has 0 spiro atoms. The zero-order valence-corrected chi connectivity index (χ0v) is 10.3. The van der Waals surface area contributed by atoms with Crippen LogP contribution in [0.1, 0.15) is 5.56 Å². The fraction of sp³-hybridized carbons (Fsp3) is 0.250. The summed E-state index contributed by atoms with van der Waals surface area (Å²) < 4.78 is 5.76. The third-order valence-electron chi connectivity index (χ3n) is 3.24. The van der Waals surface area contributed by atoms with Crippen LogP contribution in [0.4, 0.5) is 0 Å². The third-order valence-corrected chi connectivity index (χ3v) is 3.24. The van der Waals surface area contributed by atoms with E-state index in [9.17, 15) is 0 Å². The molecule has 3 rings (SSSR count). The van der Waals surface area contributed by atoms with Gasteiger partial charge >= 0.3 is 0 Å². The van der Waals surface area contributed by atoms with Gasteiger partial charge in [-0.25, -0.2) is 0 Å². The first-order valence-electron chi connectivity index (χ1n) is 6.37. The predicted molar refractivity (Wildman–Crippen MR) is 72.6 cm³/mol. The summed E-state index contributed by atoms with van der Waals surface area (Å²) in [7, 11) is 0. The van der Waals surface area contributed by atoms with Gasteiger partial charge < -0.3 is 4.74 Å². The van der Waals surface area contributed by atoms with Crippen molar-refractivity contribution in [2.24, 2.45) is 0 Å². The van der Waals surface area contributed by atoms with Crippen molar-refractivity contribution in [3.8, 4) is 5.75 Å². The summed E-state index contributed by atoms with van der Waals surface area (Å²) in [6.07, 6.45) is 0. The molecule has 2 unspecified atom stereocenters. The molecule has 2 atom stereocenters. The van der Waals surface area contributed by atoms with Gasteiger partial charge in [-0.1, -0.05) is 48.5 Å². The lowest BCUT2D eigenvalue weighted by Gasteiger charge is -2.06. The molecule has 0 amide bonds. The molecular formula is C16H17NO. The van der Waals surface area contributed by atoms with Gasteiger partial charge in [-0.2, -0.15) is 0 Å². The molecule has 0 bridgehead atoms. The maximum atomic E-state index is 5.76. The Morgan fingerprint density at radius 3 is 2.33 bits per heavy atom. The first kappa shape index (κ1) is 11.3. The van der Waals surface area contributed by atoms with Crippen molar-refractivity contribution in [1.29, 1.82) is 0 Å². The van der Waals surface area contributed by atoms with E-state index in [-0.39, 0.29) is 0 Å². The topological polar surface area (TPSA) is 12.2 Å². The molecule has 0 radical (unpaired) electrons. The van der Waals surface area contributed by atoms with E-state index in [0.717, 1.165) is 25.4 Å². The second-order valence-corrected chi connectivity index (χ2v) is 4.69. The first-order valence-corrected chi connectivity index (χ1v) is 6.37. The lowest BCUT2D eigenvalue weighted by atomic mass is 10.2. The third kappa shape index (κ3) is 2.90. The smallest absolute Gasteiger partial charge is 0.119 e. The average molecular weight is 239 g/mol. The van der Waals surface area contributed by atoms with E-state index in [1.54, 1.807) is 0 Å². The van der Waals surface area contributed by atoms with E-state index in [0.29, 0.717) is 6.04 Å². The quantitative estimate of drug-likeness (QED) is 0.744. The highest BCUT2D eigenvalue weighted by Gasteiger charge is 2.34. The molecule has 18 heavy (non-hydrogen) atoms. The Labute approximate surface area is 108 Å². The molecule has 0 saturated carbocycles. The highest BCUT2D eigenvalue weighted by atomic mass is 16.5. The van der Waals surface area contributed by atoms with Crippen LogP contribution in [-0.2, 0) is 6.54 Å². The van der Waals surface area contributed by atoms with Crippen molar-refractivity contribution in [2.45, 2.75) is 12.6 Å². The van der Waals surface area contributed by atoms with Crippen LogP contribution in [0.2, 0.25) is 0 Å². The number of hydrogen-bond donors (Lipinski definition) is 0. The van der Waals surface area contributed by atoms with Gasteiger partial charge in [0, 0.05) is 13.1 Å². The second kappa shape index (κ2) is 5.23.